The fourth-order valence-electron chi connectivity index (χ4n) is 4.60. The topological polar surface area (TPSA) is 49.3 Å². The Labute approximate surface area is 156 Å². The zero-order chi connectivity index (χ0) is 18.8. The Hall–Kier alpha value is -0.570. The van der Waals surface area contributed by atoms with Crippen LogP contribution in [0.5, 0.6) is 0 Å². The molecule has 2 rings (SSSR count). The van der Waals surface area contributed by atoms with E-state index in [9.17, 15) is 4.79 Å². The van der Waals surface area contributed by atoms with Crippen molar-refractivity contribution < 1.29 is 9.90 Å². The molecule has 0 amide bonds. The number of unbranched alkanes of at least 4 members (excludes halogenated alkanes) is 1. The monoisotopic (exact) mass is 353 g/mol. The largest absolute Gasteiger partial charge is 0.481 e. The maximum Gasteiger partial charge on any atom is 0.306 e. The highest BCUT2D eigenvalue weighted by molar-refractivity contribution is 5.69. The van der Waals surface area contributed by atoms with Gasteiger partial charge in [-0.05, 0) is 52.4 Å². The molecule has 0 spiro atoms. The average Bonchev–Trinajstić information content (AvgIpc) is 2.56. The van der Waals surface area contributed by atoms with Crippen molar-refractivity contribution in [2.24, 2.45) is 5.92 Å². The summed E-state index contributed by atoms with van der Waals surface area (Å²) in [6.45, 7) is 8.90. The van der Waals surface area contributed by atoms with Gasteiger partial charge in [-0.15, -0.1) is 0 Å². The van der Waals surface area contributed by atoms with Crippen LogP contribution in [0, 0.1) is 5.92 Å². The van der Waals surface area contributed by atoms with Crippen LogP contribution >= 0.6 is 0 Å². The van der Waals surface area contributed by atoms with Crippen molar-refractivity contribution >= 4 is 5.97 Å². The molecule has 0 aromatic carbocycles. The molecule has 0 bridgehead atoms. The summed E-state index contributed by atoms with van der Waals surface area (Å²) in [5.41, 5.74) is 0.898. The number of hydrogen-bond acceptors (Lipinski definition) is 2. The third-order valence-electron chi connectivity index (χ3n) is 6.27. The molecular weight excluding hydrogens is 310 g/mol. The van der Waals surface area contributed by atoms with E-state index in [4.69, 9.17) is 5.11 Å². The first-order chi connectivity index (χ1) is 11.8. The predicted octanol–water partition coefficient (Wildman–Crippen LogP) is 6.31. The number of hydrogen-bond donors (Lipinski definition) is 2. The molecule has 0 aromatic heterocycles. The minimum atomic E-state index is -0.643. The van der Waals surface area contributed by atoms with Crippen LogP contribution in [0.15, 0.2) is 0 Å². The van der Waals surface area contributed by atoms with Gasteiger partial charge in [-0.3, -0.25) is 4.79 Å². The Morgan fingerprint density at radius 2 is 1.36 bits per heavy atom. The molecule has 148 valence electrons. The van der Waals surface area contributed by atoms with Crippen molar-refractivity contribution in [3.05, 3.63) is 0 Å². The molecule has 25 heavy (non-hydrogen) atoms. The van der Waals surface area contributed by atoms with Crippen molar-refractivity contribution in [1.29, 1.82) is 0 Å². The van der Waals surface area contributed by atoms with Crippen LogP contribution in [0.3, 0.4) is 0 Å². The lowest BCUT2D eigenvalue weighted by atomic mass is 9.77. The zero-order valence-corrected chi connectivity index (χ0v) is 17.3. The predicted molar refractivity (Wildman–Crippen MR) is 107 cm³/mol. The van der Waals surface area contributed by atoms with Crippen molar-refractivity contribution in [2.45, 2.75) is 129 Å². The van der Waals surface area contributed by atoms with E-state index in [2.05, 4.69) is 26.1 Å². The quantitative estimate of drug-likeness (QED) is 0.564. The SMILES string of the molecule is CC1(NC2(C)CCCCC2)CCCCC1.CCCCC(CC)C(=O)O. The van der Waals surface area contributed by atoms with E-state index in [1.807, 2.05) is 6.92 Å². The Morgan fingerprint density at radius 3 is 1.68 bits per heavy atom. The number of carbonyl (C=O) groups is 1. The molecule has 0 aromatic rings. The number of nitrogens with one attached hydrogen (secondary N) is 1. The first-order valence-corrected chi connectivity index (χ1v) is 10.9. The minimum Gasteiger partial charge on any atom is -0.481 e. The highest BCUT2D eigenvalue weighted by Crippen LogP contribution is 2.34. The molecule has 2 aliphatic carbocycles. The molecule has 2 N–H and O–H groups in total. The van der Waals surface area contributed by atoms with E-state index < -0.39 is 5.97 Å². The summed E-state index contributed by atoms with van der Waals surface area (Å²) < 4.78 is 0. The summed E-state index contributed by atoms with van der Waals surface area (Å²) in [7, 11) is 0. The second-order valence-electron chi connectivity index (χ2n) is 8.95. The molecule has 2 aliphatic rings. The van der Waals surface area contributed by atoms with Crippen molar-refractivity contribution in [3.8, 4) is 0 Å². The van der Waals surface area contributed by atoms with Crippen molar-refractivity contribution in [3.63, 3.8) is 0 Å². The van der Waals surface area contributed by atoms with Crippen LogP contribution in [0.25, 0.3) is 0 Å². The summed E-state index contributed by atoms with van der Waals surface area (Å²) in [6, 6.07) is 0. The average molecular weight is 354 g/mol. The van der Waals surface area contributed by atoms with E-state index in [1.165, 1.54) is 64.2 Å². The minimum absolute atomic E-state index is 0.111. The lowest BCUT2D eigenvalue weighted by Gasteiger charge is -2.45. The van der Waals surface area contributed by atoms with Crippen LogP contribution in [0.1, 0.15) is 118 Å². The van der Waals surface area contributed by atoms with E-state index in [1.54, 1.807) is 0 Å². The first kappa shape index (κ1) is 22.5. The third kappa shape index (κ3) is 8.57. The van der Waals surface area contributed by atoms with Gasteiger partial charge in [0.2, 0.25) is 0 Å². The molecule has 0 aliphatic heterocycles. The number of rotatable bonds is 7. The zero-order valence-electron chi connectivity index (χ0n) is 17.3. The summed E-state index contributed by atoms with van der Waals surface area (Å²) in [4.78, 5) is 10.4. The van der Waals surface area contributed by atoms with Gasteiger partial charge in [-0.2, -0.15) is 0 Å². The van der Waals surface area contributed by atoms with Gasteiger partial charge in [-0.1, -0.05) is 65.2 Å². The van der Waals surface area contributed by atoms with Crippen LogP contribution in [-0.2, 0) is 4.79 Å². The fourth-order valence-corrected chi connectivity index (χ4v) is 4.60. The van der Waals surface area contributed by atoms with E-state index >= 15 is 0 Å². The maximum absolute atomic E-state index is 10.4. The summed E-state index contributed by atoms with van der Waals surface area (Å²) in [5.74, 6) is -0.754. The lowest BCUT2D eigenvalue weighted by Crippen LogP contribution is -2.56. The summed E-state index contributed by atoms with van der Waals surface area (Å²) >= 11 is 0. The molecule has 3 heteroatoms. The lowest BCUT2D eigenvalue weighted by molar-refractivity contribution is -0.142. The molecule has 2 fully saturated rings. The van der Waals surface area contributed by atoms with Crippen LogP contribution in [-0.4, -0.2) is 22.2 Å². The van der Waals surface area contributed by atoms with E-state index in [-0.39, 0.29) is 5.92 Å². The van der Waals surface area contributed by atoms with Gasteiger partial charge >= 0.3 is 5.97 Å². The second kappa shape index (κ2) is 11.2. The molecular formula is C22H43NO2. The van der Waals surface area contributed by atoms with Gasteiger partial charge in [0.05, 0.1) is 5.92 Å². The third-order valence-corrected chi connectivity index (χ3v) is 6.27. The standard InChI is InChI=1S/C14H27N.C8H16O2/c1-13(9-5-3-6-10-13)15-14(2)11-7-4-8-12-14;1-3-5-6-7(4-2)8(9)10/h15H,3-12H2,1-2H3;7H,3-6H2,1-2H3,(H,9,10). The maximum atomic E-state index is 10.4. The van der Waals surface area contributed by atoms with Gasteiger partial charge in [0, 0.05) is 11.1 Å². The van der Waals surface area contributed by atoms with Gasteiger partial charge in [0.1, 0.15) is 0 Å². The van der Waals surface area contributed by atoms with E-state index in [0.29, 0.717) is 11.1 Å². The normalized spacial score (nSPS) is 23.2. The van der Waals surface area contributed by atoms with Crippen molar-refractivity contribution in [2.75, 3.05) is 0 Å². The van der Waals surface area contributed by atoms with Gasteiger partial charge < -0.3 is 10.4 Å². The van der Waals surface area contributed by atoms with Crippen molar-refractivity contribution in [1.82, 2.24) is 5.32 Å². The van der Waals surface area contributed by atoms with Crippen LogP contribution < -0.4 is 5.32 Å². The summed E-state index contributed by atoms with van der Waals surface area (Å²) in [5, 5.41) is 12.6. The Kier molecular flexibility index (Phi) is 10.1. The van der Waals surface area contributed by atoms with Gasteiger partial charge in [0.15, 0.2) is 0 Å². The molecule has 3 nitrogen and oxygen atoms in total. The highest BCUT2D eigenvalue weighted by Gasteiger charge is 2.35. The molecule has 2 saturated carbocycles. The van der Waals surface area contributed by atoms with Gasteiger partial charge in [0.25, 0.3) is 0 Å². The highest BCUT2D eigenvalue weighted by atomic mass is 16.4. The van der Waals surface area contributed by atoms with E-state index in [0.717, 1.165) is 25.7 Å². The van der Waals surface area contributed by atoms with Gasteiger partial charge in [-0.25, -0.2) is 0 Å². The second-order valence-corrected chi connectivity index (χ2v) is 8.95. The molecule has 0 saturated heterocycles. The Morgan fingerprint density at radius 1 is 0.920 bits per heavy atom. The summed E-state index contributed by atoms with van der Waals surface area (Å²) in [6.07, 6.45) is 17.9. The molecule has 1 unspecified atom stereocenters. The Balaban J connectivity index is 0.000000275. The first-order valence-electron chi connectivity index (χ1n) is 10.9. The van der Waals surface area contributed by atoms with Crippen LogP contribution in [0.2, 0.25) is 0 Å². The smallest absolute Gasteiger partial charge is 0.306 e. The molecule has 1 atom stereocenters. The Bertz CT molecular complexity index is 346. The fraction of sp³-hybridized carbons (Fsp3) is 0.955. The molecule has 0 radical (unpaired) electrons. The molecule has 0 heterocycles. The van der Waals surface area contributed by atoms with Crippen LogP contribution in [0.4, 0.5) is 0 Å². The number of aliphatic carboxylic acids is 1. The number of carboxylic acids is 1. The number of carboxylic acid groups (broad SMARTS) is 1.